The molecule has 2 rings (SSSR count). The summed E-state index contributed by atoms with van der Waals surface area (Å²) in [6.45, 7) is 3.79. The van der Waals surface area contributed by atoms with Crippen LogP contribution in [0.15, 0.2) is 17.5 Å². The van der Waals surface area contributed by atoms with E-state index in [2.05, 4.69) is 5.32 Å². The first kappa shape index (κ1) is 10.4. The lowest BCUT2D eigenvalue weighted by molar-refractivity contribution is -0.126. The lowest BCUT2D eigenvalue weighted by Gasteiger charge is -2.24. The number of carbonyl (C=O) groups excluding carboxylic acids is 2. The van der Waals surface area contributed by atoms with Gasteiger partial charge in [0.05, 0.1) is 11.3 Å². The molecule has 1 aliphatic rings. The second-order valence-corrected chi connectivity index (χ2v) is 4.91. The Morgan fingerprint density at radius 3 is 2.80 bits per heavy atom. The van der Waals surface area contributed by atoms with Crippen LogP contribution in [-0.4, -0.2) is 11.8 Å². The van der Waals surface area contributed by atoms with Gasteiger partial charge in [0.1, 0.15) is 0 Å². The van der Waals surface area contributed by atoms with E-state index in [-0.39, 0.29) is 17.7 Å². The van der Waals surface area contributed by atoms with E-state index in [1.54, 1.807) is 0 Å². The van der Waals surface area contributed by atoms with E-state index in [0.29, 0.717) is 6.42 Å². The predicted octanol–water partition coefficient (Wildman–Crippen LogP) is 1.69. The normalized spacial score (nSPS) is 30.7. The molecule has 0 bridgehead atoms. The highest BCUT2D eigenvalue weighted by Gasteiger charge is 2.52. The van der Waals surface area contributed by atoms with Gasteiger partial charge >= 0.3 is 0 Å². The molecular formula is C11H13NO2S. The first-order chi connectivity index (χ1) is 7.10. The number of rotatable bonds is 2. The third kappa shape index (κ3) is 1.32. The van der Waals surface area contributed by atoms with E-state index in [1.165, 1.54) is 11.3 Å². The Morgan fingerprint density at radius 2 is 2.27 bits per heavy atom. The molecule has 0 saturated carbocycles. The maximum atomic E-state index is 11.8. The highest BCUT2D eigenvalue weighted by Crippen LogP contribution is 2.40. The van der Waals surface area contributed by atoms with E-state index in [1.807, 2.05) is 31.4 Å². The number of amides is 2. The van der Waals surface area contributed by atoms with Crippen LogP contribution in [0.25, 0.3) is 0 Å². The molecule has 1 aliphatic heterocycles. The van der Waals surface area contributed by atoms with Gasteiger partial charge < -0.3 is 0 Å². The van der Waals surface area contributed by atoms with Crippen LogP contribution in [0.4, 0.5) is 0 Å². The average molecular weight is 223 g/mol. The number of hydrogen-bond acceptors (Lipinski definition) is 3. The molecule has 2 atom stereocenters. The standard InChI is InChI=1S/C11H13NO2S/c1-3-7-9(13)12-10(14)11(7,2)8-5-4-6-15-8/h4-7H,3H2,1-2H3,(H,12,13,14). The fourth-order valence-corrected chi connectivity index (χ4v) is 3.14. The first-order valence-corrected chi connectivity index (χ1v) is 5.88. The number of imide groups is 1. The monoisotopic (exact) mass is 223 g/mol. The van der Waals surface area contributed by atoms with Gasteiger partial charge in [-0.15, -0.1) is 11.3 Å². The molecule has 2 unspecified atom stereocenters. The maximum absolute atomic E-state index is 11.8. The fraction of sp³-hybridized carbons (Fsp3) is 0.455. The van der Waals surface area contributed by atoms with Crippen molar-refractivity contribution < 1.29 is 9.59 Å². The number of hydrogen-bond donors (Lipinski definition) is 1. The van der Waals surface area contributed by atoms with E-state index in [0.717, 1.165) is 4.88 Å². The Hall–Kier alpha value is -1.16. The van der Waals surface area contributed by atoms with Gasteiger partial charge in [-0.05, 0) is 24.8 Å². The molecule has 4 heteroatoms. The fourth-order valence-electron chi connectivity index (χ4n) is 2.20. The highest BCUT2D eigenvalue weighted by atomic mass is 32.1. The van der Waals surface area contributed by atoms with Crippen molar-refractivity contribution in [3.8, 4) is 0 Å². The zero-order valence-electron chi connectivity index (χ0n) is 8.74. The summed E-state index contributed by atoms with van der Waals surface area (Å²) in [6.07, 6.45) is 0.686. The van der Waals surface area contributed by atoms with Crippen molar-refractivity contribution in [3.63, 3.8) is 0 Å². The first-order valence-electron chi connectivity index (χ1n) is 5.00. The van der Waals surface area contributed by atoms with E-state index in [4.69, 9.17) is 0 Å². The van der Waals surface area contributed by atoms with Gasteiger partial charge in [0.15, 0.2) is 0 Å². The van der Waals surface area contributed by atoms with E-state index in [9.17, 15) is 9.59 Å². The summed E-state index contributed by atoms with van der Waals surface area (Å²) in [5, 5.41) is 4.36. The second-order valence-electron chi connectivity index (χ2n) is 3.96. The van der Waals surface area contributed by atoms with Gasteiger partial charge in [0, 0.05) is 4.88 Å². The molecule has 1 N–H and O–H groups in total. The van der Waals surface area contributed by atoms with Crippen LogP contribution in [0.1, 0.15) is 25.1 Å². The molecule has 0 aromatic carbocycles. The SMILES string of the molecule is CCC1C(=O)NC(=O)C1(C)c1cccs1. The largest absolute Gasteiger partial charge is 0.295 e. The molecule has 3 nitrogen and oxygen atoms in total. The summed E-state index contributed by atoms with van der Waals surface area (Å²) < 4.78 is 0. The van der Waals surface area contributed by atoms with Crippen molar-refractivity contribution in [2.24, 2.45) is 5.92 Å². The van der Waals surface area contributed by atoms with Crippen molar-refractivity contribution in [2.45, 2.75) is 25.7 Å². The minimum Gasteiger partial charge on any atom is -0.295 e. The Labute approximate surface area is 92.5 Å². The van der Waals surface area contributed by atoms with Crippen molar-refractivity contribution in [1.29, 1.82) is 0 Å². The molecule has 0 aliphatic carbocycles. The lowest BCUT2D eigenvalue weighted by Crippen LogP contribution is -2.35. The van der Waals surface area contributed by atoms with Crippen LogP contribution in [-0.2, 0) is 15.0 Å². The van der Waals surface area contributed by atoms with Gasteiger partial charge in [-0.1, -0.05) is 13.0 Å². The Morgan fingerprint density at radius 1 is 1.53 bits per heavy atom. The van der Waals surface area contributed by atoms with Crippen molar-refractivity contribution in [3.05, 3.63) is 22.4 Å². The topological polar surface area (TPSA) is 46.2 Å². The van der Waals surface area contributed by atoms with Crippen LogP contribution in [0, 0.1) is 5.92 Å². The molecule has 2 heterocycles. The molecule has 15 heavy (non-hydrogen) atoms. The zero-order valence-corrected chi connectivity index (χ0v) is 9.56. The van der Waals surface area contributed by atoms with E-state index >= 15 is 0 Å². The summed E-state index contributed by atoms with van der Waals surface area (Å²) in [7, 11) is 0. The molecule has 0 spiro atoms. The molecule has 1 aromatic heterocycles. The summed E-state index contributed by atoms with van der Waals surface area (Å²) in [5.41, 5.74) is -0.667. The Kier molecular flexibility index (Phi) is 2.38. The van der Waals surface area contributed by atoms with Gasteiger partial charge in [-0.3, -0.25) is 14.9 Å². The number of nitrogens with one attached hydrogen (secondary N) is 1. The van der Waals surface area contributed by atoms with Crippen molar-refractivity contribution in [1.82, 2.24) is 5.32 Å². The minimum atomic E-state index is -0.667. The average Bonchev–Trinajstić information content (AvgIpc) is 2.76. The minimum absolute atomic E-state index is 0.140. The molecular weight excluding hydrogens is 210 g/mol. The predicted molar refractivity (Wildman–Crippen MR) is 58.6 cm³/mol. The van der Waals surface area contributed by atoms with Gasteiger partial charge in [0.25, 0.3) is 0 Å². The molecule has 2 amide bonds. The lowest BCUT2D eigenvalue weighted by atomic mass is 9.76. The van der Waals surface area contributed by atoms with E-state index < -0.39 is 5.41 Å². The second kappa shape index (κ2) is 3.45. The molecule has 0 radical (unpaired) electrons. The van der Waals surface area contributed by atoms with Gasteiger partial charge in [-0.25, -0.2) is 0 Å². The smallest absolute Gasteiger partial charge is 0.238 e. The quantitative estimate of drug-likeness (QED) is 0.775. The van der Waals surface area contributed by atoms with Crippen LogP contribution in [0.2, 0.25) is 0 Å². The summed E-state index contributed by atoms with van der Waals surface area (Å²) >= 11 is 1.53. The molecule has 1 fully saturated rings. The van der Waals surface area contributed by atoms with Gasteiger partial charge in [0.2, 0.25) is 11.8 Å². The van der Waals surface area contributed by atoms with Crippen LogP contribution in [0.5, 0.6) is 0 Å². The van der Waals surface area contributed by atoms with Gasteiger partial charge in [-0.2, -0.15) is 0 Å². The number of thiophene rings is 1. The maximum Gasteiger partial charge on any atom is 0.238 e. The summed E-state index contributed by atoms with van der Waals surface area (Å²) in [4.78, 5) is 24.4. The molecule has 80 valence electrons. The molecule has 1 aromatic rings. The van der Waals surface area contributed by atoms with Crippen molar-refractivity contribution in [2.75, 3.05) is 0 Å². The van der Waals surface area contributed by atoms with Crippen LogP contribution in [0.3, 0.4) is 0 Å². The molecule has 1 saturated heterocycles. The summed E-state index contributed by atoms with van der Waals surface area (Å²) in [6, 6.07) is 3.83. The number of carbonyl (C=O) groups is 2. The summed E-state index contributed by atoms with van der Waals surface area (Å²) in [5.74, 6) is -0.538. The zero-order chi connectivity index (χ0) is 11.1. The van der Waals surface area contributed by atoms with Crippen molar-refractivity contribution >= 4 is 23.2 Å². The highest BCUT2D eigenvalue weighted by molar-refractivity contribution is 7.10. The Balaban J connectivity index is 2.49. The third-order valence-corrected chi connectivity index (χ3v) is 4.27. The Bertz CT molecular complexity index is 399. The third-order valence-electron chi connectivity index (χ3n) is 3.16. The van der Waals surface area contributed by atoms with Crippen LogP contribution >= 0.6 is 11.3 Å². The van der Waals surface area contributed by atoms with Crippen LogP contribution < -0.4 is 5.32 Å².